The maximum Gasteiger partial charge on any atom is 0.254 e. The molecule has 5 fully saturated rings. The van der Waals surface area contributed by atoms with Crippen molar-refractivity contribution in [3.8, 4) is 17.3 Å². The molecule has 4 aliphatic carbocycles. The standard InChI is InChI=1S/C37H36N4O2/c1-39-34-29(16-28(18-32(34)43-2)36(42)41-22-37-19-26(20-37)15-33(37)41)38-35(39)31-17-27-14-24(9-8-23-6-4-3-5-7-23)12-13-30(27)40(31)21-25-10-11-25/h3-9,12-14,16-18,25-26,33H,10-11,15,19-22H2,1-2H3/b9-8+. The van der Waals surface area contributed by atoms with Gasteiger partial charge in [-0.1, -0.05) is 48.6 Å². The van der Waals surface area contributed by atoms with Crippen LogP contribution in [0.15, 0.2) is 66.7 Å². The highest BCUT2D eigenvalue weighted by Gasteiger charge is 2.66. The summed E-state index contributed by atoms with van der Waals surface area (Å²) in [4.78, 5) is 21.0. The van der Waals surface area contributed by atoms with Gasteiger partial charge in [0.2, 0.25) is 0 Å². The molecule has 6 nitrogen and oxygen atoms in total. The molecule has 1 amide bonds. The van der Waals surface area contributed by atoms with E-state index in [0.717, 1.165) is 41.6 Å². The Labute approximate surface area is 251 Å². The van der Waals surface area contributed by atoms with Crippen LogP contribution >= 0.6 is 0 Å². The Morgan fingerprint density at radius 3 is 2.60 bits per heavy atom. The molecule has 1 atom stereocenters. The molecule has 6 heteroatoms. The van der Waals surface area contributed by atoms with Gasteiger partial charge in [0.15, 0.2) is 5.82 Å². The first-order valence-corrected chi connectivity index (χ1v) is 15.7. The van der Waals surface area contributed by atoms with Crippen molar-refractivity contribution < 1.29 is 9.53 Å². The number of fused-ring (bicyclic) bond motifs is 2. The summed E-state index contributed by atoms with van der Waals surface area (Å²) in [6.45, 7) is 1.89. The third-order valence-corrected chi connectivity index (χ3v) is 10.7. The van der Waals surface area contributed by atoms with Crippen LogP contribution in [0.25, 0.3) is 45.6 Å². The second kappa shape index (κ2) is 9.09. The van der Waals surface area contributed by atoms with Gasteiger partial charge < -0.3 is 18.8 Å². The van der Waals surface area contributed by atoms with Gasteiger partial charge in [0.25, 0.3) is 5.91 Å². The second-order valence-corrected chi connectivity index (χ2v) is 13.5. The molecule has 5 aliphatic rings. The van der Waals surface area contributed by atoms with E-state index >= 15 is 0 Å². The van der Waals surface area contributed by atoms with Crippen LogP contribution in [-0.2, 0) is 13.6 Å². The molecular formula is C37H36N4O2. The number of aryl methyl sites for hydroxylation is 1. The summed E-state index contributed by atoms with van der Waals surface area (Å²) in [5.74, 6) is 3.26. The van der Waals surface area contributed by atoms with E-state index in [1.165, 1.54) is 54.1 Å². The predicted molar refractivity (Wildman–Crippen MR) is 171 cm³/mol. The van der Waals surface area contributed by atoms with Crippen LogP contribution in [0, 0.1) is 17.3 Å². The number of likely N-dealkylation sites (tertiary alicyclic amines) is 1. The lowest BCUT2D eigenvalue weighted by Gasteiger charge is -2.56. The van der Waals surface area contributed by atoms with Crippen LogP contribution in [0.2, 0.25) is 0 Å². The Morgan fingerprint density at radius 2 is 1.84 bits per heavy atom. The molecular weight excluding hydrogens is 532 g/mol. The minimum Gasteiger partial charge on any atom is -0.494 e. The molecule has 1 spiro atoms. The maximum atomic E-state index is 13.7. The van der Waals surface area contributed by atoms with Crippen LogP contribution in [0.3, 0.4) is 0 Å². The van der Waals surface area contributed by atoms with Gasteiger partial charge >= 0.3 is 0 Å². The van der Waals surface area contributed by atoms with Gasteiger partial charge in [0.05, 0.1) is 18.3 Å². The van der Waals surface area contributed by atoms with E-state index in [9.17, 15) is 4.79 Å². The predicted octanol–water partition coefficient (Wildman–Crippen LogP) is 7.41. The first-order chi connectivity index (χ1) is 21.0. The van der Waals surface area contributed by atoms with Crippen molar-refractivity contribution in [2.24, 2.45) is 24.3 Å². The number of imidazole rings is 1. The number of aromatic nitrogens is 3. The van der Waals surface area contributed by atoms with Gasteiger partial charge in [-0.15, -0.1) is 0 Å². The van der Waals surface area contributed by atoms with Gasteiger partial charge in [-0.2, -0.15) is 0 Å². The highest BCUT2D eigenvalue weighted by atomic mass is 16.5. The SMILES string of the molecule is COc1cc(C(=O)N2CC34CC(CC23)C4)cc2nc(-c3cc4cc(/C=C/c5ccccc5)ccc4n3CC3CC3)n(C)c12. The maximum absolute atomic E-state index is 13.7. The van der Waals surface area contributed by atoms with Crippen molar-refractivity contribution in [2.75, 3.05) is 13.7 Å². The Kier molecular flexibility index (Phi) is 5.33. The summed E-state index contributed by atoms with van der Waals surface area (Å²) in [6.07, 6.45) is 10.7. The van der Waals surface area contributed by atoms with Crippen molar-refractivity contribution in [1.29, 1.82) is 0 Å². The molecule has 0 N–H and O–H groups in total. The molecule has 2 bridgehead atoms. The summed E-state index contributed by atoms with van der Waals surface area (Å²) in [6, 6.07) is 23.8. The van der Waals surface area contributed by atoms with Crippen LogP contribution in [-0.4, -0.2) is 44.6 Å². The first-order valence-electron chi connectivity index (χ1n) is 15.7. The average Bonchev–Trinajstić information content (AvgIpc) is 3.48. The third kappa shape index (κ3) is 3.85. The number of methoxy groups -OCH3 is 1. The number of hydrogen-bond donors (Lipinski definition) is 0. The number of amides is 1. The topological polar surface area (TPSA) is 52.3 Å². The summed E-state index contributed by atoms with van der Waals surface area (Å²) >= 11 is 0. The Hall–Kier alpha value is -4.32. The largest absolute Gasteiger partial charge is 0.494 e. The zero-order chi connectivity index (χ0) is 28.9. The number of benzene rings is 3. The normalized spacial score (nSPS) is 24.0. The molecule has 1 aliphatic heterocycles. The summed E-state index contributed by atoms with van der Waals surface area (Å²) in [5.41, 5.74) is 7.54. The smallest absolute Gasteiger partial charge is 0.254 e. The number of carbonyl (C=O) groups is 1. The van der Waals surface area contributed by atoms with Crippen molar-refractivity contribution in [3.63, 3.8) is 0 Å². The quantitative estimate of drug-likeness (QED) is 0.192. The zero-order valence-electron chi connectivity index (χ0n) is 24.8. The Morgan fingerprint density at radius 1 is 1.02 bits per heavy atom. The molecule has 0 radical (unpaired) electrons. The van der Waals surface area contributed by atoms with Crippen LogP contribution in [0.1, 0.15) is 53.6 Å². The monoisotopic (exact) mass is 568 g/mol. The lowest BCUT2D eigenvalue weighted by molar-refractivity contribution is -0.0552. The molecule has 2 aromatic heterocycles. The fourth-order valence-corrected chi connectivity index (χ4v) is 8.41. The number of ether oxygens (including phenoxy) is 1. The molecule has 4 saturated carbocycles. The van der Waals surface area contributed by atoms with E-state index < -0.39 is 0 Å². The lowest BCUT2D eigenvalue weighted by Crippen LogP contribution is -2.64. The minimum absolute atomic E-state index is 0.120. The molecule has 10 rings (SSSR count). The van der Waals surface area contributed by atoms with Crippen molar-refractivity contribution >= 4 is 40.0 Å². The summed E-state index contributed by atoms with van der Waals surface area (Å²) in [5, 5.41) is 1.21. The third-order valence-electron chi connectivity index (χ3n) is 10.7. The van der Waals surface area contributed by atoms with Crippen molar-refractivity contribution in [3.05, 3.63) is 83.4 Å². The van der Waals surface area contributed by atoms with Gasteiger partial charge in [-0.3, -0.25) is 4.79 Å². The summed E-state index contributed by atoms with van der Waals surface area (Å²) < 4.78 is 10.5. The average molecular weight is 569 g/mol. The van der Waals surface area contributed by atoms with Crippen LogP contribution in [0.4, 0.5) is 0 Å². The number of nitrogens with zero attached hydrogens (tertiary/aromatic N) is 4. The Balaban J connectivity index is 1.11. The molecule has 3 heterocycles. The molecule has 1 unspecified atom stereocenters. The molecule has 43 heavy (non-hydrogen) atoms. The Bertz CT molecular complexity index is 1960. The van der Waals surface area contributed by atoms with Crippen LogP contribution in [0.5, 0.6) is 5.75 Å². The molecule has 216 valence electrons. The molecule has 1 saturated heterocycles. The van der Waals surface area contributed by atoms with Gasteiger partial charge in [0.1, 0.15) is 11.3 Å². The van der Waals surface area contributed by atoms with Crippen molar-refractivity contribution in [2.45, 2.75) is 44.7 Å². The highest BCUT2D eigenvalue weighted by molar-refractivity contribution is 6.01. The number of rotatable bonds is 7. The van der Waals surface area contributed by atoms with Gasteiger partial charge in [-0.05, 0) is 85.4 Å². The van der Waals surface area contributed by atoms with E-state index in [0.29, 0.717) is 28.7 Å². The molecule has 5 aromatic rings. The van der Waals surface area contributed by atoms with E-state index in [1.54, 1.807) is 7.11 Å². The van der Waals surface area contributed by atoms with E-state index in [4.69, 9.17) is 9.72 Å². The second-order valence-electron chi connectivity index (χ2n) is 13.5. The fourth-order valence-electron chi connectivity index (χ4n) is 8.41. The van der Waals surface area contributed by atoms with Gasteiger partial charge in [0, 0.05) is 48.1 Å². The number of carbonyl (C=O) groups excluding carboxylic acids is 1. The lowest BCUT2D eigenvalue weighted by atomic mass is 9.63. The number of hydrogen-bond acceptors (Lipinski definition) is 3. The van der Waals surface area contributed by atoms with Crippen LogP contribution < -0.4 is 4.74 Å². The van der Waals surface area contributed by atoms with E-state index in [1.807, 2.05) is 18.2 Å². The summed E-state index contributed by atoms with van der Waals surface area (Å²) in [7, 11) is 3.75. The molecule has 3 aromatic carbocycles. The van der Waals surface area contributed by atoms with Crippen molar-refractivity contribution in [1.82, 2.24) is 19.0 Å². The first kappa shape index (κ1) is 25.2. The van der Waals surface area contributed by atoms with Gasteiger partial charge in [-0.25, -0.2) is 4.98 Å². The van der Waals surface area contributed by atoms with E-state index in [-0.39, 0.29) is 5.91 Å². The zero-order valence-corrected chi connectivity index (χ0v) is 24.8. The minimum atomic E-state index is 0.120. The van der Waals surface area contributed by atoms with E-state index in [2.05, 4.69) is 81.8 Å². The fraction of sp³-hybridized carbons (Fsp3) is 0.351. The highest BCUT2D eigenvalue weighted by Crippen LogP contribution is 2.66.